The molecule has 0 bridgehead atoms. The number of aromatic amines is 1. The Kier molecular flexibility index (Phi) is 6.54. The van der Waals surface area contributed by atoms with Crippen molar-refractivity contribution in [3.05, 3.63) is 88.9 Å². The van der Waals surface area contributed by atoms with Crippen LogP contribution in [0.4, 0.5) is 0 Å². The predicted octanol–water partition coefficient (Wildman–Crippen LogP) is 4.11. The van der Waals surface area contributed by atoms with Crippen LogP contribution in [0.3, 0.4) is 0 Å². The first kappa shape index (κ1) is 21.0. The Morgan fingerprint density at radius 3 is 2.65 bits per heavy atom. The Bertz CT molecular complexity index is 1240. The second kappa shape index (κ2) is 9.68. The lowest BCUT2D eigenvalue weighted by Crippen LogP contribution is -2.36. The van der Waals surface area contributed by atoms with Crippen LogP contribution < -0.4 is 9.99 Å². The molecule has 1 amide bonds. The Morgan fingerprint density at radius 1 is 1.10 bits per heavy atom. The number of hydrogen-bond donors (Lipinski definition) is 3. The van der Waals surface area contributed by atoms with Gasteiger partial charge in [0.2, 0.25) is 0 Å². The number of phenolic OH excluding ortho intramolecular Hbond substituents is 1. The van der Waals surface area contributed by atoms with E-state index in [1.54, 1.807) is 24.3 Å². The number of H-pyrrole nitrogens is 1. The molecule has 0 saturated heterocycles. The van der Waals surface area contributed by atoms with E-state index in [1.807, 2.05) is 48.5 Å². The second-order valence-electron chi connectivity index (χ2n) is 6.80. The minimum absolute atomic E-state index is 0.181. The summed E-state index contributed by atoms with van der Waals surface area (Å²) in [6.45, 7) is 0.590. The molecule has 156 valence electrons. The SMILES string of the molecule is O=C(CSc1[nH]c2ccccc2[n+]1Cc1ccccc1Cl)NN=Cc1ccc(O)cc1. The number of fused-ring (bicyclic) bond motifs is 1. The van der Waals surface area contributed by atoms with Crippen molar-refractivity contribution in [1.82, 2.24) is 10.4 Å². The fourth-order valence-electron chi connectivity index (χ4n) is 3.08. The van der Waals surface area contributed by atoms with E-state index in [4.69, 9.17) is 11.6 Å². The maximum absolute atomic E-state index is 12.3. The summed E-state index contributed by atoms with van der Waals surface area (Å²) in [4.78, 5) is 15.7. The van der Waals surface area contributed by atoms with E-state index >= 15 is 0 Å². The molecule has 8 heteroatoms. The minimum Gasteiger partial charge on any atom is -0.508 e. The fraction of sp³-hybridized carbons (Fsp3) is 0.0870. The van der Waals surface area contributed by atoms with Gasteiger partial charge in [-0.1, -0.05) is 41.9 Å². The molecule has 0 aliphatic rings. The van der Waals surface area contributed by atoms with E-state index in [9.17, 15) is 9.90 Å². The quantitative estimate of drug-likeness (QED) is 0.171. The van der Waals surface area contributed by atoms with E-state index in [2.05, 4.69) is 20.1 Å². The van der Waals surface area contributed by atoms with E-state index in [0.29, 0.717) is 11.6 Å². The Labute approximate surface area is 188 Å². The molecule has 0 aliphatic heterocycles. The summed E-state index contributed by atoms with van der Waals surface area (Å²) in [5.74, 6) is 0.159. The van der Waals surface area contributed by atoms with Gasteiger partial charge in [0.05, 0.1) is 12.0 Å². The van der Waals surface area contributed by atoms with Crippen LogP contribution >= 0.6 is 23.4 Å². The first-order chi connectivity index (χ1) is 15.1. The molecule has 0 atom stereocenters. The van der Waals surface area contributed by atoms with Gasteiger partial charge in [0.25, 0.3) is 5.91 Å². The van der Waals surface area contributed by atoms with Crippen molar-refractivity contribution in [2.24, 2.45) is 5.10 Å². The Morgan fingerprint density at radius 2 is 1.84 bits per heavy atom. The van der Waals surface area contributed by atoms with Crippen molar-refractivity contribution < 1.29 is 14.5 Å². The van der Waals surface area contributed by atoms with Gasteiger partial charge in [-0.3, -0.25) is 4.79 Å². The molecule has 0 fully saturated rings. The summed E-state index contributed by atoms with van der Waals surface area (Å²) in [5.41, 5.74) is 6.34. The number of amides is 1. The number of nitrogens with zero attached hydrogens (tertiary/aromatic N) is 2. The monoisotopic (exact) mass is 451 g/mol. The van der Waals surface area contributed by atoms with Gasteiger partial charge in [0, 0.05) is 10.6 Å². The summed E-state index contributed by atoms with van der Waals surface area (Å²) < 4.78 is 2.12. The third-order valence-electron chi connectivity index (χ3n) is 4.60. The zero-order valence-corrected chi connectivity index (χ0v) is 18.0. The van der Waals surface area contributed by atoms with Gasteiger partial charge < -0.3 is 5.11 Å². The number of hydrogen-bond acceptors (Lipinski definition) is 4. The molecular weight excluding hydrogens is 432 g/mol. The molecule has 1 aromatic heterocycles. The van der Waals surface area contributed by atoms with Crippen LogP contribution in [0.2, 0.25) is 5.02 Å². The van der Waals surface area contributed by atoms with Gasteiger partial charge in [-0.05, 0) is 59.8 Å². The number of carbonyl (C=O) groups is 1. The molecule has 31 heavy (non-hydrogen) atoms. The van der Waals surface area contributed by atoms with Crippen molar-refractivity contribution in [2.45, 2.75) is 11.7 Å². The van der Waals surface area contributed by atoms with Gasteiger partial charge in [0.15, 0.2) is 11.0 Å². The third kappa shape index (κ3) is 5.25. The molecule has 0 spiro atoms. The van der Waals surface area contributed by atoms with Crippen molar-refractivity contribution in [1.29, 1.82) is 0 Å². The topological polar surface area (TPSA) is 81.4 Å². The van der Waals surface area contributed by atoms with Crippen LogP contribution in [0.15, 0.2) is 83.1 Å². The van der Waals surface area contributed by atoms with Crippen LogP contribution in [0, 0.1) is 0 Å². The summed E-state index contributed by atoms with van der Waals surface area (Å²) in [7, 11) is 0. The zero-order valence-electron chi connectivity index (χ0n) is 16.5. The second-order valence-corrected chi connectivity index (χ2v) is 8.17. The molecule has 0 unspecified atom stereocenters. The fourth-order valence-corrected chi connectivity index (χ4v) is 4.11. The predicted molar refractivity (Wildman–Crippen MR) is 124 cm³/mol. The third-order valence-corrected chi connectivity index (χ3v) is 5.97. The van der Waals surface area contributed by atoms with Crippen LogP contribution in [0.25, 0.3) is 11.0 Å². The number of imidazole rings is 1. The smallest absolute Gasteiger partial charge is 0.317 e. The van der Waals surface area contributed by atoms with Gasteiger partial charge in [-0.2, -0.15) is 5.10 Å². The maximum Gasteiger partial charge on any atom is 0.317 e. The van der Waals surface area contributed by atoms with Crippen LogP contribution in [0.5, 0.6) is 5.75 Å². The van der Waals surface area contributed by atoms with Crippen molar-refractivity contribution in [3.63, 3.8) is 0 Å². The largest absolute Gasteiger partial charge is 0.508 e. The minimum atomic E-state index is -0.219. The molecule has 0 radical (unpaired) electrons. The molecule has 3 aromatic carbocycles. The molecule has 3 N–H and O–H groups in total. The highest BCUT2D eigenvalue weighted by Crippen LogP contribution is 2.21. The van der Waals surface area contributed by atoms with Gasteiger partial charge in [-0.25, -0.2) is 15.0 Å². The highest BCUT2D eigenvalue weighted by molar-refractivity contribution is 7.99. The standard InChI is InChI=1S/C23H19ClN4O2S/c24-19-6-2-1-5-17(19)14-28-21-8-4-3-7-20(21)26-23(28)31-15-22(30)27-25-13-16-9-11-18(29)12-10-16/h1-13H,14-15H2,(H2,25,27,29,30)/p+1. The number of benzene rings is 3. The average Bonchev–Trinajstić information content (AvgIpc) is 3.13. The summed E-state index contributed by atoms with van der Waals surface area (Å²) in [6.07, 6.45) is 1.53. The highest BCUT2D eigenvalue weighted by Gasteiger charge is 2.21. The lowest BCUT2D eigenvalue weighted by molar-refractivity contribution is -0.700. The number of carbonyl (C=O) groups excluding carboxylic acids is 1. The van der Waals surface area contributed by atoms with Crippen molar-refractivity contribution in [3.8, 4) is 5.75 Å². The molecule has 6 nitrogen and oxygen atoms in total. The molecule has 1 heterocycles. The first-order valence-corrected chi connectivity index (χ1v) is 10.9. The van der Waals surface area contributed by atoms with Gasteiger partial charge in [-0.15, -0.1) is 0 Å². The van der Waals surface area contributed by atoms with Crippen molar-refractivity contribution in [2.75, 3.05) is 5.75 Å². The molecule has 4 rings (SSSR count). The normalized spacial score (nSPS) is 11.3. The first-order valence-electron chi connectivity index (χ1n) is 9.58. The number of thioether (sulfide) groups is 1. The Balaban J connectivity index is 1.46. The number of phenols is 1. The number of aromatic hydroxyl groups is 1. The summed E-state index contributed by atoms with van der Waals surface area (Å²) >= 11 is 7.76. The number of hydrazone groups is 1. The number of halogens is 1. The van der Waals surface area contributed by atoms with E-state index in [1.165, 1.54) is 18.0 Å². The van der Waals surface area contributed by atoms with E-state index in [-0.39, 0.29) is 17.4 Å². The van der Waals surface area contributed by atoms with Crippen LogP contribution in [-0.4, -0.2) is 28.0 Å². The molecule has 0 saturated carbocycles. The number of rotatable bonds is 7. The highest BCUT2D eigenvalue weighted by atomic mass is 35.5. The number of nitrogens with one attached hydrogen (secondary N) is 2. The van der Waals surface area contributed by atoms with E-state index < -0.39 is 0 Å². The lowest BCUT2D eigenvalue weighted by Gasteiger charge is -2.04. The van der Waals surface area contributed by atoms with Crippen molar-refractivity contribution >= 4 is 46.5 Å². The summed E-state index contributed by atoms with van der Waals surface area (Å²) in [5, 5.41) is 14.8. The summed E-state index contributed by atoms with van der Waals surface area (Å²) in [6, 6.07) is 22.3. The van der Waals surface area contributed by atoms with Crippen LogP contribution in [0.1, 0.15) is 11.1 Å². The number of aromatic nitrogens is 2. The molecular formula is C23H20ClN4O2S+. The lowest BCUT2D eigenvalue weighted by atomic mass is 10.2. The number of para-hydroxylation sites is 2. The zero-order chi connectivity index (χ0) is 21.6. The molecule has 0 aliphatic carbocycles. The van der Waals surface area contributed by atoms with Gasteiger partial charge in [0.1, 0.15) is 12.3 Å². The van der Waals surface area contributed by atoms with E-state index in [0.717, 1.165) is 27.3 Å². The van der Waals surface area contributed by atoms with Gasteiger partial charge >= 0.3 is 5.16 Å². The average molecular weight is 452 g/mol. The van der Waals surface area contributed by atoms with Crippen LogP contribution in [-0.2, 0) is 11.3 Å². The molecule has 4 aromatic rings. The Hall–Kier alpha value is -3.29. The maximum atomic E-state index is 12.3.